The van der Waals surface area contributed by atoms with Crippen molar-refractivity contribution in [3.8, 4) is 5.75 Å². The average Bonchev–Trinajstić information content (AvgIpc) is 2.52. The van der Waals surface area contributed by atoms with Gasteiger partial charge in [0.2, 0.25) is 0 Å². The van der Waals surface area contributed by atoms with E-state index in [2.05, 4.69) is 5.32 Å². The Morgan fingerprint density at radius 3 is 2.52 bits per heavy atom. The lowest BCUT2D eigenvalue weighted by molar-refractivity contribution is -0.122. The Labute approximate surface area is 138 Å². The summed E-state index contributed by atoms with van der Waals surface area (Å²) < 4.78 is 5.97. The smallest absolute Gasteiger partial charge is 0.265 e. The largest absolute Gasteiger partial charge is 0.480 e. The normalized spacial score (nSPS) is 11.9. The number of amides is 1. The Balaban J connectivity index is 2.15. The molecule has 0 aromatic heterocycles. The van der Waals surface area contributed by atoms with Crippen molar-refractivity contribution in [3.63, 3.8) is 0 Å². The van der Waals surface area contributed by atoms with Crippen molar-refractivity contribution >= 4 is 11.6 Å². The summed E-state index contributed by atoms with van der Waals surface area (Å²) in [7, 11) is 0. The lowest BCUT2D eigenvalue weighted by atomic mass is 10.1. The van der Waals surface area contributed by atoms with Crippen molar-refractivity contribution in [1.82, 2.24) is 0 Å². The number of rotatable bonds is 5. The molecule has 0 aliphatic heterocycles. The van der Waals surface area contributed by atoms with Crippen molar-refractivity contribution in [2.75, 3.05) is 5.32 Å². The Bertz CT molecular complexity index is 707. The zero-order valence-corrected chi connectivity index (χ0v) is 14.6. The van der Waals surface area contributed by atoms with Gasteiger partial charge >= 0.3 is 0 Å². The van der Waals surface area contributed by atoms with Gasteiger partial charge in [0.15, 0.2) is 6.10 Å². The summed E-state index contributed by atoms with van der Waals surface area (Å²) in [5.74, 6) is 0.662. The van der Waals surface area contributed by atoms with Crippen molar-refractivity contribution in [2.45, 2.75) is 47.1 Å². The zero-order valence-electron chi connectivity index (χ0n) is 14.6. The van der Waals surface area contributed by atoms with Gasteiger partial charge in [-0.05, 0) is 68.5 Å². The number of carbonyl (C=O) groups is 1. The van der Waals surface area contributed by atoms with Gasteiger partial charge in [0, 0.05) is 5.69 Å². The summed E-state index contributed by atoms with van der Waals surface area (Å²) in [6, 6.07) is 11.9. The third kappa shape index (κ3) is 4.13. The number of hydrogen-bond acceptors (Lipinski definition) is 2. The predicted molar refractivity (Wildman–Crippen MR) is 95.2 cm³/mol. The number of hydrogen-bond donors (Lipinski definition) is 1. The van der Waals surface area contributed by atoms with Gasteiger partial charge in [-0.2, -0.15) is 0 Å². The average molecular weight is 311 g/mol. The lowest BCUT2D eigenvalue weighted by Crippen LogP contribution is -2.32. The summed E-state index contributed by atoms with van der Waals surface area (Å²) in [5.41, 5.74) is 5.25. The molecule has 0 saturated heterocycles. The minimum absolute atomic E-state index is 0.109. The SMILES string of the molecule is CCC(Oc1cc(C)ccc1C)C(=O)Nc1cccc(C)c1C. The molecule has 1 amide bonds. The van der Waals surface area contributed by atoms with E-state index >= 15 is 0 Å². The second-order valence-electron chi connectivity index (χ2n) is 6.02. The van der Waals surface area contributed by atoms with Crippen LogP contribution < -0.4 is 10.1 Å². The first-order valence-electron chi connectivity index (χ1n) is 8.03. The minimum atomic E-state index is -0.504. The number of benzene rings is 2. The molecule has 0 saturated carbocycles. The maximum atomic E-state index is 12.6. The van der Waals surface area contributed by atoms with Gasteiger partial charge in [-0.1, -0.05) is 31.2 Å². The Kier molecular flexibility index (Phi) is 5.43. The molecule has 2 aromatic carbocycles. The Morgan fingerprint density at radius 2 is 1.83 bits per heavy atom. The minimum Gasteiger partial charge on any atom is -0.480 e. The fourth-order valence-corrected chi connectivity index (χ4v) is 2.41. The molecule has 0 spiro atoms. The fraction of sp³-hybridized carbons (Fsp3) is 0.350. The maximum Gasteiger partial charge on any atom is 0.265 e. The second kappa shape index (κ2) is 7.32. The molecule has 0 bridgehead atoms. The lowest BCUT2D eigenvalue weighted by Gasteiger charge is -2.20. The van der Waals surface area contributed by atoms with E-state index in [0.29, 0.717) is 6.42 Å². The Morgan fingerprint density at radius 1 is 1.09 bits per heavy atom. The first-order valence-corrected chi connectivity index (χ1v) is 8.03. The van der Waals surface area contributed by atoms with Gasteiger partial charge in [0.25, 0.3) is 5.91 Å². The fourth-order valence-electron chi connectivity index (χ4n) is 2.41. The van der Waals surface area contributed by atoms with Crippen LogP contribution in [0.25, 0.3) is 0 Å². The van der Waals surface area contributed by atoms with Crippen LogP contribution >= 0.6 is 0 Å². The molecule has 0 aliphatic rings. The quantitative estimate of drug-likeness (QED) is 0.868. The first kappa shape index (κ1) is 17.1. The number of ether oxygens (including phenoxy) is 1. The molecule has 2 rings (SSSR count). The first-order chi connectivity index (χ1) is 10.9. The van der Waals surface area contributed by atoms with E-state index in [-0.39, 0.29) is 5.91 Å². The molecule has 1 N–H and O–H groups in total. The van der Waals surface area contributed by atoms with E-state index in [1.165, 1.54) is 0 Å². The predicted octanol–water partition coefficient (Wildman–Crippen LogP) is 4.72. The topological polar surface area (TPSA) is 38.3 Å². The van der Waals surface area contributed by atoms with Gasteiger partial charge in [0.05, 0.1) is 0 Å². The summed E-state index contributed by atoms with van der Waals surface area (Å²) in [6.07, 6.45) is 0.111. The molecule has 1 unspecified atom stereocenters. The number of anilines is 1. The van der Waals surface area contributed by atoms with E-state index in [4.69, 9.17) is 4.74 Å². The molecule has 0 aliphatic carbocycles. The van der Waals surface area contributed by atoms with Crippen LogP contribution in [-0.4, -0.2) is 12.0 Å². The molecule has 23 heavy (non-hydrogen) atoms. The zero-order chi connectivity index (χ0) is 17.0. The highest BCUT2D eigenvalue weighted by atomic mass is 16.5. The van der Waals surface area contributed by atoms with Crippen LogP contribution in [0.2, 0.25) is 0 Å². The molecular weight excluding hydrogens is 286 g/mol. The molecule has 3 nitrogen and oxygen atoms in total. The van der Waals surface area contributed by atoms with E-state index in [9.17, 15) is 4.79 Å². The summed E-state index contributed by atoms with van der Waals surface area (Å²) in [5, 5.41) is 2.99. The van der Waals surface area contributed by atoms with Crippen molar-refractivity contribution in [2.24, 2.45) is 0 Å². The van der Waals surface area contributed by atoms with Crippen molar-refractivity contribution < 1.29 is 9.53 Å². The number of nitrogens with one attached hydrogen (secondary N) is 1. The summed E-state index contributed by atoms with van der Waals surface area (Å²) in [4.78, 5) is 12.6. The summed E-state index contributed by atoms with van der Waals surface area (Å²) >= 11 is 0. The highest BCUT2D eigenvalue weighted by Gasteiger charge is 2.20. The van der Waals surface area contributed by atoms with Gasteiger partial charge in [-0.25, -0.2) is 0 Å². The molecule has 2 aromatic rings. The van der Waals surface area contributed by atoms with E-state index in [1.54, 1.807) is 0 Å². The standard InChI is InChI=1S/C20H25NO2/c1-6-18(23-19-12-13(2)10-11-15(19)4)20(22)21-17-9-7-8-14(3)16(17)5/h7-12,18H,6H2,1-5H3,(H,21,22). The molecule has 3 heteroatoms. The molecule has 0 fully saturated rings. The van der Waals surface area contributed by atoms with Crippen LogP contribution in [0, 0.1) is 27.7 Å². The summed E-state index contributed by atoms with van der Waals surface area (Å²) in [6.45, 7) is 10.0. The molecular formula is C20H25NO2. The molecule has 0 heterocycles. The van der Waals surface area contributed by atoms with Gasteiger partial charge < -0.3 is 10.1 Å². The van der Waals surface area contributed by atoms with Crippen LogP contribution in [0.3, 0.4) is 0 Å². The molecule has 0 radical (unpaired) electrons. The van der Waals surface area contributed by atoms with E-state index in [1.807, 2.05) is 71.0 Å². The second-order valence-corrected chi connectivity index (χ2v) is 6.02. The highest BCUT2D eigenvalue weighted by molar-refractivity contribution is 5.95. The third-order valence-corrected chi connectivity index (χ3v) is 4.14. The van der Waals surface area contributed by atoms with E-state index in [0.717, 1.165) is 33.7 Å². The van der Waals surface area contributed by atoms with Gasteiger partial charge in [-0.15, -0.1) is 0 Å². The van der Waals surface area contributed by atoms with Crippen LogP contribution in [0.4, 0.5) is 5.69 Å². The van der Waals surface area contributed by atoms with Gasteiger partial charge in [-0.3, -0.25) is 4.79 Å². The maximum absolute atomic E-state index is 12.6. The third-order valence-electron chi connectivity index (χ3n) is 4.14. The van der Waals surface area contributed by atoms with Crippen molar-refractivity contribution in [1.29, 1.82) is 0 Å². The van der Waals surface area contributed by atoms with Crippen LogP contribution in [-0.2, 0) is 4.79 Å². The molecule has 1 atom stereocenters. The van der Waals surface area contributed by atoms with Crippen LogP contribution in [0.15, 0.2) is 36.4 Å². The van der Waals surface area contributed by atoms with Crippen LogP contribution in [0.1, 0.15) is 35.6 Å². The van der Waals surface area contributed by atoms with E-state index < -0.39 is 6.10 Å². The monoisotopic (exact) mass is 311 g/mol. The van der Waals surface area contributed by atoms with Gasteiger partial charge in [0.1, 0.15) is 5.75 Å². The highest BCUT2D eigenvalue weighted by Crippen LogP contribution is 2.23. The number of aryl methyl sites for hydroxylation is 3. The van der Waals surface area contributed by atoms with Crippen LogP contribution in [0.5, 0.6) is 5.75 Å². The van der Waals surface area contributed by atoms with Crippen molar-refractivity contribution in [3.05, 3.63) is 58.7 Å². The Hall–Kier alpha value is -2.29. The molecule has 122 valence electrons. The number of carbonyl (C=O) groups excluding carboxylic acids is 1.